The number of hydrogen-bond donors (Lipinski definition) is 1. The number of nitrogens with zero attached hydrogens (tertiary/aromatic N) is 1. The van der Waals surface area contributed by atoms with Crippen molar-refractivity contribution in [2.45, 2.75) is 44.0 Å². The third-order valence-corrected chi connectivity index (χ3v) is 6.11. The summed E-state index contributed by atoms with van der Waals surface area (Å²) in [6, 6.07) is 5.08. The smallest absolute Gasteiger partial charge is 0.324 e. The quantitative estimate of drug-likeness (QED) is 0.925. The Morgan fingerprint density at radius 1 is 1.35 bits per heavy atom. The molecular formula is C14H19NO4S. The number of carboxylic acids is 1. The summed E-state index contributed by atoms with van der Waals surface area (Å²) in [5.41, 5.74) is 0.268. The lowest BCUT2D eigenvalue weighted by Gasteiger charge is -2.30. The molecule has 0 aromatic heterocycles. The average Bonchev–Trinajstić information content (AvgIpc) is 2.73. The summed E-state index contributed by atoms with van der Waals surface area (Å²) in [5.74, 6) is -1.09. The van der Waals surface area contributed by atoms with Crippen molar-refractivity contribution in [1.82, 2.24) is 4.31 Å². The molecule has 20 heavy (non-hydrogen) atoms. The van der Waals surface area contributed by atoms with Crippen molar-refractivity contribution in [3.05, 3.63) is 29.3 Å². The van der Waals surface area contributed by atoms with E-state index in [4.69, 9.17) is 0 Å². The van der Waals surface area contributed by atoms with Crippen LogP contribution in [0.15, 0.2) is 23.1 Å². The van der Waals surface area contributed by atoms with Crippen molar-refractivity contribution in [3.8, 4) is 0 Å². The zero-order chi connectivity index (χ0) is 15.1. The first kappa shape index (κ1) is 15.0. The zero-order valence-electron chi connectivity index (χ0n) is 11.9. The van der Waals surface area contributed by atoms with Crippen LogP contribution < -0.4 is 0 Å². The second-order valence-electron chi connectivity index (χ2n) is 5.53. The Bertz CT molecular complexity index is 653. The molecule has 6 heteroatoms. The average molecular weight is 297 g/mol. The highest BCUT2D eigenvalue weighted by Crippen LogP contribution is 2.35. The van der Waals surface area contributed by atoms with Gasteiger partial charge in [0.05, 0.1) is 4.90 Å². The van der Waals surface area contributed by atoms with Crippen LogP contribution in [0.25, 0.3) is 0 Å². The van der Waals surface area contributed by atoms with E-state index in [1.54, 1.807) is 25.1 Å². The van der Waals surface area contributed by atoms with Gasteiger partial charge in [0.25, 0.3) is 0 Å². The molecule has 0 spiro atoms. The van der Waals surface area contributed by atoms with E-state index in [-0.39, 0.29) is 11.4 Å². The Labute approximate surface area is 119 Å². The standard InChI is InChI=1S/C14H19NO4S/c1-10-5-6-12(11(2)9-10)20(18,19)15-8-4-7-14(15,3)13(16)17/h5-6,9H,4,7-8H2,1-3H3,(H,16,17). The Hall–Kier alpha value is -1.40. The highest BCUT2D eigenvalue weighted by molar-refractivity contribution is 7.89. The Kier molecular flexibility index (Phi) is 3.64. The Morgan fingerprint density at radius 3 is 2.55 bits per heavy atom. The highest BCUT2D eigenvalue weighted by atomic mass is 32.2. The molecule has 1 atom stereocenters. The lowest BCUT2D eigenvalue weighted by molar-refractivity contribution is -0.146. The lowest BCUT2D eigenvalue weighted by atomic mass is 10.0. The van der Waals surface area contributed by atoms with E-state index in [1.165, 1.54) is 6.92 Å². The van der Waals surface area contributed by atoms with E-state index >= 15 is 0 Å². The largest absolute Gasteiger partial charge is 0.480 e. The van der Waals surface area contributed by atoms with Crippen molar-refractivity contribution in [2.24, 2.45) is 0 Å². The van der Waals surface area contributed by atoms with Gasteiger partial charge in [-0.2, -0.15) is 4.31 Å². The molecule has 2 rings (SSSR count). The van der Waals surface area contributed by atoms with Crippen molar-refractivity contribution < 1.29 is 18.3 Å². The van der Waals surface area contributed by atoms with Crippen LogP contribution in [0.3, 0.4) is 0 Å². The Morgan fingerprint density at radius 2 is 2.00 bits per heavy atom. The number of hydrogen-bond acceptors (Lipinski definition) is 3. The molecule has 0 aliphatic carbocycles. The summed E-state index contributed by atoms with van der Waals surface area (Å²) in [6.07, 6.45) is 0.902. The van der Waals surface area contributed by atoms with Gasteiger partial charge < -0.3 is 5.11 Å². The van der Waals surface area contributed by atoms with Gasteiger partial charge in [0.1, 0.15) is 5.54 Å². The van der Waals surface area contributed by atoms with E-state index in [0.717, 1.165) is 9.87 Å². The summed E-state index contributed by atoms with van der Waals surface area (Å²) in [5, 5.41) is 9.36. The van der Waals surface area contributed by atoms with Gasteiger partial charge in [0.15, 0.2) is 0 Å². The fourth-order valence-electron chi connectivity index (χ4n) is 2.74. The number of sulfonamides is 1. The van der Waals surface area contributed by atoms with Crippen molar-refractivity contribution >= 4 is 16.0 Å². The zero-order valence-corrected chi connectivity index (χ0v) is 12.7. The molecule has 0 amide bonds. The summed E-state index contributed by atoms with van der Waals surface area (Å²) in [4.78, 5) is 11.6. The molecule has 1 aromatic rings. The number of carbonyl (C=O) groups is 1. The fourth-order valence-corrected chi connectivity index (χ4v) is 4.76. The molecule has 0 saturated carbocycles. The second kappa shape index (κ2) is 4.86. The minimum atomic E-state index is -3.79. The maximum atomic E-state index is 12.7. The first-order valence-electron chi connectivity index (χ1n) is 6.53. The van der Waals surface area contributed by atoms with Crippen molar-refractivity contribution in [2.75, 3.05) is 6.54 Å². The molecule has 1 aromatic carbocycles. The topological polar surface area (TPSA) is 74.7 Å². The minimum Gasteiger partial charge on any atom is -0.480 e. The van der Waals surface area contributed by atoms with Crippen LogP contribution in [0.4, 0.5) is 0 Å². The third kappa shape index (κ3) is 2.23. The van der Waals surface area contributed by atoms with Gasteiger partial charge in [-0.1, -0.05) is 17.7 Å². The molecule has 1 fully saturated rings. The fraction of sp³-hybridized carbons (Fsp3) is 0.500. The summed E-state index contributed by atoms with van der Waals surface area (Å²) in [7, 11) is -3.79. The molecule has 5 nitrogen and oxygen atoms in total. The SMILES string of the molecule is Cc1ccc(S(=O)(=O)N2CCCC2(C)C(=O)O)c(C)c1. The number of aryl methyl sites for hydroxylation is 2. The predicted molar refractivity (Wildman–Crippen MR) is 75.1 cm³/mol. The molecule has 1 heterocycles. The van der Waals surface area contributed by atoms with E-state index in [1.807, 2.05) is 6.92 Å². The first-order valence-corrected chi connectivity index (χ1v) is 7.97. The molecule has 110 valence electrons. The normalized spacial score (nSPS) is 23.9. The van der Waals surface area contributed by atoms with Gasteiger partial charge >= 0.3 is 5.97 Å². The van der Waals surface area contributed by atoms with Gasteiger partial charge in [-0.15, -0.1) is 0 Å². The lowest BCUT2D eigenvalue weighted by Crippen LogP contribution is -2.50. The third-order valence-electron chi connectivity index (χ3n) is 3.93. The molecule has 0 bridgehead atoms. The van der Waals surface area contributed by atoms with E-state index in [0.29, 0.717) is 18.4 Å². The molecule has 1 aliphatic rings. The van der Waals surface area contributed by atoms with Gasteiger partial charge in [-0.3, -0.25) is 4.79 Å². The highest BCUT2D eigenvalue weighted by Gasteiger charge is 2.49. The van der Waals surface area contributed by atoms with E-state index in [9.17, 15) is 18.3 Å². The maximum Gasteiger partial charge on any atom is 0.324 e. The number of aliphatic carboxylic acids is 1. The molecule has 1 N–H and O–H groups in total. The van der Waals surface area contributed by atoms with E-state index in [2.05, 4.69) is 0 Å². The summed E-state index contributed by atoms with van der Waals surface area (Å²) >= 11 is 0. The van der Waals surface area contributed by atoms with Crippen LogP contribution in [0, 0.1) is 13.8 Å². The van der Waals surface area contributed by atoms with Crippen LogP contribution >= 0.6 is 0 Å². The van der Waals surface area contributed by atoms with Crippen LogP contribution in [0.2, 0.25) is 0 Å². The van der Waals surface area contributed by atoms with Crippen LogP contribution in [0.1, 0.15) is 30.9 Å². The molecule has 1 saturated heterocycles. The van der Waals surface area contributed by atoms with Crippen LogP contribution in [0.5, 0.6) is 0 Å². The van der Waals surface area contributed by atoms with Crippen LogP contribution in [-0.4, -0.2) is 35.9 Å². The number of rotatable bonds is 3. The summed E-state index contributed by atoms with van der Waals surface area (Å²) < 4.78 is 26.6. The first-order chi connectivity index (χ1) is 9.19. The molecule has 0 radical (unpaired) electrons. The van der Waals surface area contributed by atoms with Gasteiger partial charge in [0, 0.05) is 6.54 Å². The number of benzene rings is 1. The van der Waals surface area contributed by atoms with Gasteiger partial charge in [0.2, 0.25) is 10.0 Å². The molecule has 1 aliphatic heterocycles. The molecule has 1 unspecified atom stereocenters. The van der Waals surface area contributed by atoms with Crippen molar-refractivity contribution in [3.63, 3.8) is 0 Å². The minimum absolute atomic E-state index is 0.192. The van der Waals surface area contributed by atoms with E-state index < -0.39 is 21.5 Å². The maximum absolute atomic E-state index is 12.7. The predicted octanol–water partition coefficient (Wildman–Crippen LogP) is 1.93. The molecular weight excluding hydrogens is 278 g/mol. The van der Waals surface area contributed by atoms with Gasteiger partial charge in [-0.25, -0.2) is 8.42 Å². The van der Waals surface area contributed by atoms with Crippen molar-refractivity contribution in [1.29, 1.82) is 0 Å². The van der Waals surface area contributed by atoms with Crippen LogP contribution in [-0.2, 0) is 14.8 Å². The van der Waals surface area contributed by atoms with Gasteiger partial charge in [-0.05, 0) is 45.2 Å². The summed E-state index contributed by atoms with van der Waals surface area (Å²) in [6.45, 7) is 5.34. The number of carboxylic acid groups (broad SMARTS) is 1. The Balaban J connectivity index is 2.53. The monoisotopic (exact) mass is 297 g/mol. The second-order valence-corrected chi connectivity index (χ2v) is 7.36.